The molecule has 1 fully saturated rings. The highest BCUT2D eigenvalue weighted by molar-refractivity contribution is 6.13. The zero-order chi connectivity index (χ0) is 12.5. The summed E-state index contributed by atoms with van der Waals surface area (Å²) in [5.41, 5.74) is 1.49. The maximum Gasteiger partial charge on any atom is 0.321 e. The fraction of sp³-hybridized carbons (Fsp3) is 0.385. The summed E-state index contributed by atoms with van der Waals surface area (Å²) in [5, 5.41) is 4.01. The van der Waals surface area contributed by atoms with Crippen molar-refractivity contribution in [2.75, 3.05) is 6.61 Å². The fourth-order valence-electron chi connectivity index (χ4n) is 2.23. The van der Waals surface area contributed by atoms with Gasteiger partial charge in [-0.15, -0.1) is 0 Å². The Morgan fingerprint density at radius 2 is 2.11 bits per heavy atom. The highest BCUT2D eigenvalue weighted by Gasteiger charge is 2.54. The van der Waals surface area contributed by atoms with Gasteiger partial charge in [-0.2, -0.15) is 0 Å². The van der Waals surface area contributed by atoms with Crippen LogP contribution in [0.25, 0.3) is 0 Å². The van der Waals surface area contributed by atoms with Crippen molar-refractivity contribution in [2.45, 2.75) is 19.3 Å². The molecule has 3 rings (SSSR count). The molecule has 0 spiro atoms. The number of oxime groups is 1. The normalized spacial score (nSPS) is 29.5. The first kappa shape index (κ1) is 11.2. The van der Waals surface area contributed by atoms with Gasteiger partial charge >= 0.3 is 5.97 Å². The van der Waals surface area contributed by atoms with E-state index in [2.05, 4.69) is 5.16 Å². The molecule has 1 saturated heterocycles. The number of carbonyl (C=O) groups excluding carboxylic acids is 1. The quantitative estimate of drug-likeness (QED) is 0.756. The summed E-state index contributed by atoms with van der Waals surface area (Å²) < 4.78 is 10.5. The third-order valence-corrected chi connectivity index (χ3v) is 3.05. The van der Waals surface area contributed by atoms with E-state index in [0.29, 0.717) is 12.3 Å². The summed E-state index contributed by atoms with van der Waals surface area (Å²) in [4.78, 5) is 17.2. The minimum absolute atomic E-state index is 0.335. The van der Waals surface area contributed by atoms with Gasteiger partial charge in [0.1, 0.15) is 11.6 Å². The molecular weight excluding hydrogens is 234 g/mol. The fourth-order valence-corrected chi connectivity index (χ4v) is 2.23. The van der Waals surface area contributed by atoms with Crippen LogP contribution >= 0.6 is 0 Å². The Morgan fingerprint density at radius 1 is 1.33 bits per heavy atom. The lowest BCUT2D eigenvalue weighted by atomic mass is 9.94. The van der Waals surface area contributed by atoms with E-state index in [1.165, 1.54) is 0 Å². The number of hydrogen-bond acceptors (Lipinski definition) is 5. The highest BCUT2D eigenvalue weighted by Crippen LogP contribution is 2.33. The molecule has 2 aliphatic rings. The average Bonchev–Trinajstić information content (AvgIpc) is 2.94. The van der Waals surface area contributed by atoms with Crippen LogP contribution in [0.3, 0.4) is 0 Å². The van der Waals surface area contributed by atoms with Crippen molar-refractivity contribution >= 4 is 11.7 Å². The predicted octanol–water partition coefficient (Wildman–Crippen LogP) is 1.33. The Bertz CT molecular complexity index is 485. The molecule has 0 aliphatic carbocycles. The second-order valence-corrected chi connectivity index (χ2v) is 4.15. The average molecular weight is 247 g/mol. The van der Waals surface area contributed by atoms with Crippen LogP contribution in [-0.4, -0.2) is 30.7 Å². The van der Waals surface area contributed by atoms with Gasteiger partial charge in [0, 0.05) is 12.2 Å². The molecule has 1 aromatic carbocycles. The van der Waals surface area contributed by atoms with Crippen LogP contribution in [0.5, 0.6) is 0 Å². The van der Waals surface area contributed by atoms with Crippen molar-refractivity contribution in [3.05, 3.63) is 35.9 Å². The van der Waals surface area contributed by atoms with E-state index >= 15 is 0 Å². The number of nitrogens with zero attached hydrogens (tertiary/aromatic N) is 1. The molecule has 0 unspecified atom stereocenters. The minimum atomic E-state index is -0.655. The lowest BCUT2D eigenvalue weighted by Gasteiger charge is -2.13. The van der Waals surface area contributed by atoms with Crippen LogP contribution in [0.15, 0.2) is 35.5 Å². The second-order valence-electron chi connectivity index (χ2n) is 4.15. The standard InChI is InChI=1S/C13H13NO4/c1-2-16-13-11-9(12(15)17-13)10(14-18-11)8-6-4-3-5-7-8/h3-7,9,11,13H,2H2,1H3/t9-,11+,13-/m1/s1. The van der Waals surface area contributed by atoms with Crippen LogP contribution < -0.4 is 0 Å². The molecule has 0 N–H and O–H groups in total. The Morgan fingerprint density at radius 3 is 2.83 bits per heavy atom. The zero-order valence-electron chi connectivity index (χ0n) is 9.91. The molecule has 0 saturated carbocycles. The number of fused-ring (bicyclic) bond motifs is 1. The molecular formula is C13H13NO4. The number of ether oxygens (including phenoxy) is 2. The van der Waals surface area contributed by atoms with Crippen LogP contribution in [-0.2, 0) is 19.1 Å². The maximum atomic E-state index is 11.9. The second kappa shape index (κ2) is 4.42. The van der Waals surface area contributed by atoms with E-state index in [9.17, 15) is 4.79 Å². The van der Waals surface area contributed by atoms with Gasteiger partial charge in [-0.3, -0.25) is 4.79 Å². The Balaban J connectivity index is 1.87. The molecule has 2 aliphatic heterocycles. The van der Waals surface area contributed by atoms with Crippen LogP contribution in [0.2, 0.25) is 0 Å². The topological polar surface area (TPSA) is 57.1 Å². The van der Waals surface area contributed by atoms with Crippen LogP contribution in [0.4, 0.5) is 0 Å². The number of carbonyl (C=O) groups is 1. The highest BCUT2D eigenvalue weighted by atomic mass is 16.8. The summed E-state index contributed by atoms with van der Waals surface area (Å²) in [5.74, 6) is -0.817. The first-order valence-corrected chi connectivity index (χ1v) is 5.92. The Labute approximate surface area is 104 Å². The van der Waals surface area contributed by atoms with Crippen LogP contribution in [0, 0.1) is 5.92 Å². The first-order chi connectivity index (χ1) is 8.81. The van der Waals surface area contributed by atoms with Crippen molar-refractivity contribution in [1.29, 1.82) is 0 Å². The number of cyclic esters (lactones) is 1. The number of rotatable bonds is 3. The van der Waals surface area contributed by atoms with Gasteiger partial charge in [0.05, 0.1) is 0 Å². The van der Waals surface area contributed by atoms with Gasteiger partial charge in [0.15, 0.2) is 0 Å². The maximum absolute atomic E-state index is 11.9. The number of benzene rings is 1. The van der Waals surface area contributed by atoms with Gasteiger partial charge in [0.25, 0.3) is 0 Å². The third kappa shape index (κ3) is 1.67. The van der Waals surface area contributed by atoms with Crippen molar-refractivity contribution in [3.8, 4) is 0 Å². The Kier molecular flexibility index (Phi) is 2.76. The van der Waals surface area contributed by atoms with Gasteiger partial charge in [-0.25, -0.2) is 0 Å². The molecule has 5 nitrogen and oxygen atoms in total. The Hall–Kier alpha value is -1.88. The van der Waals surface area contributed by atoms with Gasteiger partial charge in [0.2, 0.25) is 12.4 Å². The molecule has 94 valence electrons. The van der Waals surface area contributed by atoms with Gasteiger partial charge in [-0.1, -0.05) is 35.5 Å². The van der Waals surface area contributed by atoms with Crippen molar-refractivity contribution in [3.63, 3.8) is 0 Å². The largest absolute Gasteiger partial charge is 0.431 e. The van der Waals surface area contributed by atoms with E-state index in [-0.39, 0.29) is 5.97 Å². The lowest BCUT2D eigenvalue weighted by molar-refractivity contribution is -0.177. The summed E-state index contributed by atoms with van der Waals surface area (Å²) in [6, 6.07) is 9.49. The van der Waals surface area contributed by atoms with E-state index in [1.807, 2.05) is 37.3 Å². The predicted molar refractivity (Wildman–Crippen MR) is 62.8 cm³/mol. The van der Waals surface area contributed by atoms with Crippen molar-refractivity contribution in [1.82, 2.24) is 0 Å². The summed E-state index contributed by atoms with van der Waals surface area (Å²) in [7, 11) is 0. The third-order valence-electron chi connectivity index (χ3n) is 3.05. The smallest absolute Gasteiger partial charge is 0.321 e. The van der Waals surface area contributed by atoms with E-state index in [4.69, 9.17) is 14.3 Å². The molecule has 18 heavy (non-hydrogen) atoms. The number of esters is 1. The van der Waals surface area contributed by atoms with Crippen molar-refractivity contribution in [2.24, 2.45) is 11.1 Å². The SMILES string of the molecule is CCO[C@@H]1OC(=O)[C@@H]2C(c3ccccc3)=NO[C@H]12. The molecule has 0 radical (unpaired) electrons. The van der Waals surface area contributed by atoms with Crippen molar-refractivity contribution < 1.29 is 19.1 Å². The monoisotopic (exact) mass is 247 g/mol. The molecule has 3 atom stereocenters. The summed E-state index contributed by atoms with van der Waals surface area (Å²) >= 11 is 0. The summed E-state index contributed by atoms with van der Waals surface area (Å²) in [6.07, 6.45) is -1.12. The summed E-state index contributed by atoms with van der Waals surface area (Å²) in [6.45, 7) is 2.31. The van der Waals surface area contributed by atoms with E-state index < -0.39 is 18.3 Å². The molecule has 0 bridgehead atoms. The molecule has 0 amide bonds. The van der Waals surface area contributed by atoms with E-state index in [1.54, 1.807) is 0 Å². The first-order valence-electron chi connectivity index (χ1n) is 5.92. The van der Waals surface area contributed by atoms with Gasteiger partial charge in [-0.05, 0) is 6.92 Å². The molecule has 2 heterocycles. The van der Waals surface area contributed by atoms with E-state index in [0.717, 1.165) is 5.56 Å². The molecule has 5 heteroatoms. The minimum Gasteiger partial charge on any atom is -0.431 e. The zero-order valence-corrected chi connectivity index (χ0v) is 9.91. The van der Waals surface area contributed by atoms with Crippen LogP contribution in [0.1, 0.15) is 12.5 Å². The lowest BCUT2D eigenvalue weighted by Crippen LogP contribution is -2.30. The van der Waals surface area contributed by atoms with Gasteiger partial charge < -0.3 is 14.3 Å². The molecule has 1 aromatic rings. The molecule has 0 aromatic heterocycles. The number of hydrogen-bond donors (Lipinski definition) is 0.